The Bertz CT molecular complexity index is 850. The number of carbonyl (C=O) groups is 2. The van der Waals surface area contributed by atoms with Gasteiger partial charge in [-0.25, -0.2) is 9.78 Å². The number of esters is 1. The fourth-order valence-electron chi connectivity index (χ4n) is 2.77. The van der Waals surface area contributed by atoms with E-state index in [0.29, 0.717) is 18.8 Å². The van der Waals surface area contributed by atoms with Crippen molar-refractivity contribution in [3.63, 3.8) is 0 Å². The fraction of sp³-hybridized carbons (Fsp3) is 0.350. The van der Waals surface area contributed by atoms with Crippen molar-refractivity contribution >= 4 is 23.5 Å². The van der Waals surface area contributed by atoms with Crippen LogP contribution in [0.2, 0.25) is 5.02 Å². The Kier molecular flexibility index (Phi) is 6.49. The van der Waals surface area contributed by atoms with Gasteiger partial charge in [-0.05, 0) is 18.6 Å². The van der Waals surface area contributed by atoms with Gasteiger partial charge in [-0.2, -0.15) is 0 Å². The van der Waals surface area contributed by atoms with Crippen molar-refractivity contribution in [2.75, 3.05) is 20.3 Å². The highest BCUT2D eigenvalue weighted by Gasteiger charge is 2.25. The zero-order chi connectivity index (χ0) is 20.1. The minimum absolute atomic E-state index is 0.102. The topological polar surface area (TPSA) is 86.8 Å². The van der Waals surface area contributed by atoms with Crippen molar-refractivity contribution in [1.82, 2.24) is 10.3 Å². The maximum absolute atomic E-state index is 12.6. The number of halogens is 1. The van der Waals surface area contributed by atoms with E-state index in [1.807, 2.05) is 19.1 Å². The Labute approximate surface area is 168 Å². The molecule has 0 saturated carbocycles. The standard InChI is InChI=1S/C20H21ClN2O5/c1-12-3-5-13(6-4-12)17(20(25)26-2)23-18(24)14-9-16(21)19(22-10-14)28-15-7-8-27-11-15/h3-6,9-10,15,17H,7-8,11H2,1-2H3,(H,23,24). The molecule has 1 aromatic carbocycles. The molecule has 1 fully saturated rings. The summed E-state index contributed by atoms with van der Waals surface area (Å²) in [5.74, 6) is -0.824. The smallest absolute Gasteiger partial charge is 0.333 e. The Balaban J connectivity index is 1.74. The van der Waals surface area contributed by atoms with Crippen LogP contribution in [0.4, 0.5) is 0 Å². The molecular formula is C20H21ClN2O5. The average molecular weight is 405 g/mol. The Morgan fingerprint density at radius 3 is 2.68 bits per heavy atom. The van der Waals surface area contributed by atoms with Crippen molar-refractivity contribution < 1.29 is 23.8 Å². The number of aryl methyl sites for hydroxylation is 1. The van der Waals surface area contributed by atoms with Crippen molar-refractivity contribution in [3.05, 3.63) is 58.2 Å². The maximum atomic E-state index is 12.6. The first-order chi connectivity index (χ1) is 13.5. The van der Waals surface area contributed by atoms with E-state index in [9.17, 15) is 9.59 Å². The first kappa shape index (κ1) is 20.1. The van der Waals surface area contributed by atoms with E-state index in [-0.39, 0.29) is 22.6 Å². The van der Waals surface area contributed by atoms with Crippen LogP contribution in [0.1, 0.15) is 33.9 Å². The van der Waals surface area contributed by atoms with Crippen LogP contribution in [0, 0.1) is 6.92 Å². The van der Waals surface area contributed by atoms with Crippen LogP contribution in [0.5, 0.6) is 5.88 Å². The zero-order valence-corrected chi connectivity index (χ0v) is 16.4. The van der Waals surface area contributed by atoms with Gasteiger partial charge in [0.05, 0.1) is 25.9 Å². The highest BCUT2D eigenvalue weighted by Crippen LogP contribution is 2.25. The van der Waals surface area contributed by atoms with Gasteiger partial charge in [-0.15, -0.1) is 0 Å². The van der Waals surface area contributed by atoms with Crippen LogP contribution in [0.25, 0.3) is 0 Å². The van der Waals surface area contributed by atoms with E-state index in [1.54, 1.807) is 12.1 Å². The van der Waals surface area contributed by atoms with E-state index in [0.717, 1.165) is 12.0 Å². The molecule has 2 unspecified atom stereocenters. The maximum Gasteiger partial charge on any atom is 0.333 e. The predicted molar refractivity (Wildman–Crippen MR) is 103 cm³/mol. The predicted octanol–water partition coefficient (Wildman–Crippen LogP) is 2.86. The van der Waals surface area contributed by atoms with Crippen molar-refractivity contribution in [2.45, 2.75) is 25.5 Å². The molecule has 3 rings (SSSR count). The van der Waals surface area contributed by atoms with Crippen LogP contribution >= 0.6 is 11.6 Å². The lowest BCUT2D eigenvalue weighted by molar-refractivity contribution is -0.143. The number of aromatic nitrogens is 1. The molecule has 0 aliphatic carbocycles. The number of hydrogen-bond acceptors (Lipinski definition) is 6. The molecule has 2 aromatic rings. The third-order valence-electron chi connectivity index (χ3n) is 4.36. The highest BCUT2D eigenvalue weighted by atomic mass is 35.5. The summed E-state index contributed by atoms with van der Waals surface area (Å²) in [4.78, 5) is 28.9. The second kappa shape index (κ2) is 9.03. The molecule has 0 radical (unpaired) electrons. The first-order valence-electron chi connectivity index (χ1n) is 8.83. The first-order valence-corrected chi connectivity index (χ1v) is 9.21. The summed E-state index contributed by atoms with van der Waals surface area (Å²) >= 11 is 6.21. The Morgan fingerprint density at radius 2 is 2.07 bits per heavy atom. The molecule has 1 saturated heterocycles. The molecule has 1 N–H and O–H groups in total. The lowest BCUT2D eigenvalue weighted by Gasteiger charge is -2.17. The summed E-state index contributed by atoms with van der Waals surface area (Å²) in [5, 5.41) is 2.88. The van der Waals surface area contributed by atoms with E-state index in [1.165, 1.54) is 19.4 Å². The summed E-state index contributed by atoms with van der Waals surface area (Å²) < 4.78 is 15.8. The number of methoxy groups -OCH3 is 1. The molecule has 1 aromatic heterocycles. The highest BCUT2D eigenvalue weighted by molar-refractivity contribution is 6.32. The summed E-state index contributed by atoms with van der Waals surface area (Å²) in [5.41, 5.74) is 1.87. The van der Waals surface area contributed by atoms with Crippen molar-refractivity contribution in [3.8, 4) is 5.88 Å². The third kappa shape index (κ3) is 4.79. The monoisotopic (exact) mass is 404 g/mol. The summed E-state index contributed by atoms with van der Waals surface area (Å²) in [6.07, 6.45) is 2.02. The lowest BCUT2D eigenvalue weighted by atomic mass is 10.0. The molecule has 2 atom stereocenters. The van der Waals surface area contributed by atoms with Gasteiger partial charge >= 0.3 is 5.97 Å². The quantitative estimate of drug-likeness (QED) is 0.745. The SMILES string of the molecule is COC(=O)C(NC(=O)c1cnc(OC2CCOC2)c(Cl)c1)c1ccc(C)cc1. The molecule has 1 amide bonds. The van der Waals surface area contributed by atoms with Gasteiger partial charge in [0.2, 0.25) is 5.88 Å². The number of carbonyl (C=O) groups excluding carboxylic acids is 2. The molecule has 0 bridgehead atoms. The fourth-order valence-corrected chi connectivity index (χ4v) is 2.98. The average Bonchev–Trinajstić information content (AvgIpc) is 3.21. The molecule has 1 aliphatic heterocycles. The van der Waals surface area contributed by atoms with E-state index >= 15 is 0 Å². The van der Waals surface area contributed by atoms with Gasteiger partial charge in [-0.1, -0.05) is 41.4 Å². The molecule has 148 valence electrons. The molecule has 2 heterocycles. The van der Waals surface area contributed by atoms with E-state index in [4.69, 9.17) is 25.8 Å². The van der Waals surface area contributed by atoms with Crippen LogP contribution in [0.15, 0.2) is 36.5 Å². The van der Waals surface area contributed by atoms with Crippen LogP contribution < -0.4 is 10.1 Å². The number of nitrogens with one attached hydrogen (secondary N) is 1. The van der Waals surface area contributed by atoms with Gasteiger partial charge in [0.25, 0.3) is 5.91 Å². The lowest BCUT2D eigenvalue weighted by Crippen LogP contribution is -2.34. The molecule has 1 aliphatic rings. The molecule has 7 nitrogen and oxygen atoms in total. The van der Waals surface area contributed by atoms with Crippen LogP contribution in [-0.4, -0.2) is 43.3 Å². The molecule has 0 spiro atoms. The van der Waals surface area contributed by atoms with Gasteiger partial charge in [0.1, 0.15) is 11.1 Å². The number of amides is 1. The van der Waals surface area contributed by atoms with Crippen LogP contribution in [0.3, 0.4) is 0 Å². The summed E-state index contributed by atoms with van der Waals surface area (Å²) in [6, 6.07) is 7.76. The third-order valence-corrected chi connectivity index (χ3v) is 4.63. The number of benzene rings is 1. The Hall–Kier alpha value is -2.64. The summed E-state index contributed by atoms with van der Waals surface area (Å²) in [7, 11) is 1.27. The van der Waals surface area contributed by atoms with Gasteiger partial charge < -0.3 is 19.5 Å². The normalized spacial score (nSPS) is 17.0. The number of ether oxygens (including phenoxy) is 3. The van der Waals surface area contributed by atoms with Gasteiger partial charge in [-0.3, -0.25) is 4.79 Å². The van der Waals surface area contributed by atoms with Crippen molar-refractivity contribution in [2.24, 2.45) is 0 Å². The second-order valence-electron chi connectivity index (χ2n) is 6.45. The number of nitrogens with zero attached hydrogens (tertiary/aromatic N) is 1. The van der Waals surface area contributed by atoms with Gasteiger partial charge in [0, 0.05) is 12.6 Å². The van der Waals surface area contributed by atoms with E-state index in [2.05, 4.69) is 10.3 Å². The number of pyridine rings is 1. The number of rotatable bonds is 6. The van der Waals surface area contributed by atoms with Gasteiger partial charge in [0.15, 0.2) is 6.04 Å². The second-order valence-corrected chi connectivity index (χ2v) is 6.86. The van der Waals surface area contributed by atoms with E-state index < -0.39 is 17.9 Å². The minimum atomic E-state index is -0.941. The van der Waals surface area contributed by atoms with Crippen molar-refractivity contribution in [1.29, 1.82) is 0 Å². The molecule has 28 heavy (non-hydrogen) atoms. The summed E-state index contributed by atoms with van der Waals surface area (Å²) in [6.45, 7) is 3.05. The minimum Gasteiger partial charge on any atom is -0.471 e. The molecular weight excluding hydrogens is 384 g/mol. The molecule has 8 heteroatoms. The number of hydrogen-bond donors (Lipinski definition) is 1. The van der Waals surface area contributed by atoms with Crippen LogP contribution in [-0.2, 0) is 14.3 Å². The Morgan fingerprint density at radius 1 is 1.32 bits per heavy atom. The largest absolute Gasteiger partial charge is 0.471 e. The zero-order valence-electron chi connectivity index (χ0n) is 15.6.